The molecule has 0 aliphatic rings. The average molecular weight is 513 g/mol. The summed E-state index contributed by atoms with van der Waals surface area (Å²) in [6.07, 6.45) is 0.357. The molecule has 0 radical (unpaired) electrons. The van der Waals surface area contributed by atoms with Gasteiger partial charge >= 0.3 is 0 Å². The molecule has 0 heterocycles. The monoisotopic (exact) mass is 512 g/mol. The molecule has 3 rings (SSSR count). The Morgan fingerprint density at radius 1 is 0.943 bits per heavy atom. The first kappa shape index (κ1) is 26.6. The molecule has 1 N–H and O–H groups in total. The number of nitrogens with zero attached hydrogens (tertiary/aromatic N) is 1. The molecular formula is C28H30Cl2N2O3. The Morgan fingerprint density at radius 2 is 1.63 bits per heavy atom. The summed E-state index contributed by atoms with van der Waals surface area (Å²) in [5, 5.41) is 4.12. The van der Waals surface area contributed by atoms with Crippen molar-refractivity contribution in [3.8, 4) is 5.75 Å². The van der Waals surface area contributed by atoms with E-state index in [9.17, 15) is 9.59 Å². The van der Waals surface area contributed by atoms with Crippen LogP contribution in [-0.4, -0.2) is 35.4 Å². The summed E-state index contributed by atoms with van der Waals surface area (Å²) in [4.78, 5) is 28.5. The van der Waals surface area contributed by atoms with Crippen molar-refractivity contribution >= 4 is 35.0 Å². The lowest BCUT2D eigenvalue weighted by molar-refractivity contribution is -0.143. The molecule has 2 amide bonds. The summed E-state index contributed by atoms with van der Waals surface area (Å²) in [5.41, 5.74) is 2.55. The number of ether oxygens (including phenoxy) is 1. The van der Waals surface area contributed by atoms with Crippen molar-refractivity contribution in [2.45, 2.75) is 45.8 Å². The molecule has 0 fully saturated rings. The second-order valence-corrected chi connectivity index (χ2v) is 9.50. The van der Waals surface area contributed by atoms with Crippen LogP contribution in [0.3, 0.4) is 0 Å². The molecule has 5 nitrogen and oxygen atoms in total. The molecular weight excluding hydrogens is 483 g/mol. The van der Waals surface area contributed by atoms with Crippen molar-refractivity contribution in [2.75, 3.05) is 6.61 Å². The van der Waals surface area contributed by atoms with Gasteiger partial charge in [0.2, 0.25) is 5.91 Å². The van der Waals surface area contributed by atoms with Crippen LogP contribution in [0.25, 0.3) is 0 Å². The van der Waals surface area contributed by atoms with Crippen molar-refractivity contribution < 1.29 is 14.3 Å². The quantitative estimate of drug-likeness (QED) is 0.370. The predicted molar refractivity (Wildman–Crippen MR) is 141 cm³/mol. The highest BCUT2D eigenvalue weighted by Gasteiger charge is 2.31. The second kappa shape index (κ2) is 12.6. The normalized spacial score (nSPS) is 11.7. The van der Waals surface area contributed by atoms with Crippen LogP contribution in [0.15, 0.2) is 72.8 Å². The summed E-state index contributed by atoms with van der Waals surface area (Å²) in [6.45, 7) is 5.59. The zero-order chi connectivity index (χ0) is 25.4. The van der Waals surface area contributed by atoms with Gasteiger partial charge in [-0.2, -0.15) is 0 Å². The molecule has 0 aromatic heterocycles. The highest BCUT2D eigenvalue weighted by Crippen LogP contribution is 2.23. The summed E-state index contributed by atoms with van der Waals surface area (Å²) in [6, 6.07) is 21.3. The Morgan fingerprint density at radius 3 is 2.29 bits per heavy atom. The van der Waals surface area contributed by atoms with Gasteiger partial charge in [0.1, 0.15) is 11.8 Å². The molecule has 1 atom stereocenters. The largest absolute Gasteiger partial charge is 0.484 e. The first-order chi connectivity index (χ1) is 16.7. The van der Waals surface area contributed by atoms with Crippen LogP contribution in [0.4, 0.5) is 0 Å². The number of rotatable bonds is 10. The van der Waals surface area contributed by atoms with E-state index in [1.54, 1.807) is 29.2 Å². The van der Waals surface area contributed by atoms with Gasteiger partial charge in [-0.05, 0) is 61.7 Å². The summed E-state index contributed by atoms with van der Waals surface area (Å²) in [5.74, 6) is -0.0202. The van der Waals surface area contributed by atoms with E-state index in [0.717, 1.165) is 16.7 Å². The fraction of sp³-hybridized carbons (Fsp3) is 0.286. The number of amides is 2. The van der Waals surface area contributed by atoms with Gasteiger partial charge in [0.25, 0.3) is 5.91 Å². The number of carbonyl (C=O) groups excluding carboxylic acids is 2. The number of benzene rings is 3. The van der Waals surface area contributed by atoms with E-state index < -0.39 is 6.04 Å². The second-order valence-electron chi connectivity index (χ2n) is 8.68. The van der Waals surface area contributed by atoms with Gasteiger partial charge < -0.3 is 15.0 Å². The molecule has 0 saturated heterocycles. The molecule has 0 aliphatic carbocycles. The molecule has 7 heteroatoms. The van der Waals surface area contributed by atoms with Crippen LogP contribution < -0.4 is 10.1 Å². The van der Waals surface area contributed by atoms with E-state index in [1.807, 2.05) is 69.3 Å². The third kappa shape index (κ3) is 7.74. The van der Waals surface area contributed by atoms with E-state index in [1.165, 1.54) is 0 Å². The molecule has 0 aliphatic heterocycles. The van der Waals surface area contributed by atoms with Gasteiger partial charge in [-0.25, -0.2) is 0 Å². The third-order valence-corrected chi connectivity index (χ3v) is 6.29. The average Bonchev–Trinajstić information content (AvgIpc) is 2.83. The fourth-order valence-corrected chi connectivity index (χ4v) is 3.99. The Bertz CT molecular complexity index is 1150. The number of hydrogen-bond donors (Lipinski definition) is 1. The number of carbonyl (C=O) groups is 2. The first-order valence-corrected chi connectivity index (χ1v) is 12.3. The maximum absolute atomic E-state index is 13.6. The minimum atomic E-state index is -0.751. The topological polar surface area (TPSA) is 58.6 Å². The van der Waals surface area contributed by atoms with Gasteiger partial charge in [0, 0.05) is 29.1 Å². The zero-order valence-electron chi connectivity index (χ0n) is 20.1. The van der Waals surface area contributed by atoms with Crippen LogP contribution >= 0.6 is 23.2 Å². The molecule has 0 bridgehead atoms. The number of aryl methyl sites for hydroxylation is 1. The van der Waals surface area contributed by atoms with E-state index in [2.05, 4.69) is 5.32 Å². The smallest absolute Gasteiger partial charge is 0.261 e. The van der Waals surface area contributed by atoms with E-state index in [4.69, 9.17) is 27.9 Å². The Balaban J connectivity index is 1.92. The van der Waals surface area contributed by atoms with Crippen LogP contribution in [0.2, 0.25) is 10.0 Å². The van der Waals surface area contributed by atoms with Crippen LogP contribution in [0.1, 0.15) is 30.5 Å². The summed E-state index contributed by atoms with van der Waals surface area (Å²) < 4.78 is 5.80. The number of nitrogens with one attached hydrogen (secondary N) is 1. The Hall–Kier alpha value is -3.02. The van der Waals surface area contributed by atoms with Gasteiger partial charge in [-0.3, -0.25) is 9.59 Å². The summed E-state index contributed by atoms with van der Waals surface area (Å²) in [7, 11) is 0. The van der Waals surface area contributed by atoms with Crippen molar-refractivity contribution in [3.63, 3.8) is 0 Å². The van der Waals surface area contributed by atoms with E-state index >= 15 is 0 Å². The molecule has 0 unspecified atom stereocenters. The third-order valence-electron chi connectivity index (χ3n) is 5.49. The molecule has 184 valence electrons. The van der Waals surface area contributed by atoms with Gasteiger partial charge in [-0.1, -0.05) is 71.7 Å². The molecule has 0 saturated carbocycles. The van der Waals surface area contributed by atoms with Crippen molar-refractivity contribution in [1.82, 2.24) is 10.2 Å². The highest BCUT2D eigenvalue weighted by molar-refractivity contribution is 6.31. The SMILES string of the molecule is Cc1cc(OCC(=O)N(Cc2ccccc2Cl)[C@H](Cc2ccccc2)C(=O)NC(C)C)ccc1Cl. The van der Waals surface area contributed by atoms with Crippen molar-refractivity contribution in [2.24, 2.45) is 0 Å². The van der Waals surface area contributed by atoms with Crippen molar-refractivity contribution in [3.05, 3.63) is 99.5 Å². The number of hydrogen-bond acceptors (Lipinski definition) is 3. The molecule has 35 heavy (non-hydrogen) atoms. The van der Waals surface area contributed by atoms with Crippen molar-refractivity contribution in [1.29, 1.82) is 0 Å². The Labute approximate surface area is 217 Å². The van der Waals surface area contributed by atoms with Crippen LogP contribution in [-0.2, 0) is 22.6 Å². The predicted octanol–water partition coefficient (Wildman–Crippen LogP) is 5.85. The lowest BCUT2D eigenvalue weighted by Gasteiger charge is -2.32. The van der Waals surface area contributed by atoms with Gasteiger partial charge in [-0.15, -0.1) is 0 Å². The minimum absolute atomic E-state index is 0.0775. The maximum Gasteiger partial charge on any atom is 0.261 e. The lowest BCUT2D eigenvalue weighted by atomic mass is 10.0. The lowest BCUT2D eigenvalue weighted by Crippen LogP contribution is -2.52. The Kier molecular flexibility index (Phi) is 9.58. The van der Waals surface area contributed by atoms with Gasteiger partial charge in [0.05, 0.1) is 0 Å². The fourth-order valence-electron chi connectivity index (χ4n) is 3.68. The van der Waals surface area contributed by atoms with E-state index in [-0.39, 0.29) is 31.0 Å². The minimum Gasteiger partial charge on any atom is -0.484 e. The molecule has 0 spiro atoms. The number of halogens is 2. The summed E-state index contributed by atoms with van der Waals surface area (Å²) >= 11 is 12.5. The molecule has 3 aromatic rings. The van der Waals surface area contributed by atoms with Crippen LogP contribution in [0.5, 0.6) is 5.75 Å². The highest BCUT2D eigenvalue weighted by atomic mass is 35.5. The first-order valence-electron chi connectivity index (χ1n) is 11.5. The van der Waals surface area contributed by atoms with E-state index in [0.29, 0.717) is 22.2 Å². The zero-order valence-corrected chi connectivity index (χ0v) is 21.6. The standard InChI is InChI=1S/C28H30Cl2N2O3/c1-19(2)31-28(34)26(16-21-9-5-4-6-10-21)32(17-22-11-7-8-12-25(22)30)27(33)18-35-23-13-14-24(29)20(3)15-23/h4-15,19,26H,16-18H2,1-3H3,(H,31,34)/t26-/m1/s1. The molecule has 3 aromatic carbocycles. The maximum atomic E-state index is 13.6. The van der Waals surface area contributed by atoms with Crippen LogP contribution in [0, 0.1) is 6.92 Å². The van der Waals surface area contributed by atoms with Gasteiger partial charge in [0.15, 0.2) is 6.61 Å².